The molecule has 46 heavy (non-hydrogen) atoms. The summed E-state index contributed by atoms with van der Waals surface area (Å²) in [7, 11) is 0. The summed E-state index contributed by atoms with van der Waals surface area (Å²) in [4.78, 5) is 20.6. The van der Waals surface area contributed by atoms with Gasteiger partial charge in [-0.1, -0.05) is 0 Å². The van der Waals surface area contributed by atoms with E-state index in [2.05, 4.69) is 5.32 Å². The molecule has 0 aliphatic carbocycles. The first-order valence-corrected chi connectivity index (χ1v) is 15.6. The van der Waals surface area contributed by atoms with Gasteiger partial charge in [0.15, 0.2) is 0 Å². The lowest BCUT2D eigenvalue weighted by molar-refractivity contribution is -0.393. The molecule has 0 heterocycles. The number of nitrogens with one attached hydrogen (secondary N) is 1. The maximum absolute atomic E-state index is 11.1. The van der Waals surface area contributed by atoms with Crippen molar-refractivity contribution in [3.63, 3.8) is 0 Å². The van der Waals surface area contributed by atoms with Crippen LogP contribution in [0.2, 0.25) is 0 Å². The highest BCUT2D eigenvalue weighted by Crippen LogP contribution is 2.28. The van der Waals surface area contributed by atoms with E-state index in [0.717, 1.165) is 6.07 Å². The van der Waals surface area contributed by atoms with Gasteiger partial charge in [-0.15, -0.1) is 11.6 Å². The Kier molecular flexibility index (Phi) is 28.4. The molecule has 0 atom stereocenters. The maximum atomic E-state index is 11.1. The number of hydrogen-bond donors (Lipinski definition) is 1. The third kappa shape index (κ3) is 24.9. The third-order valence-corrected chi connectivity index (χ3v) is 5.67. The number of rotatable bonds is 35. The van der Waals surface area contributed by atoms with Crippen molar-refractivity contribution in [1.29, 1.82) is 0 Å². The molecule has 266 valence electrons. The number of nitro benzene ring substituents is 2. The van der Waals surface area contributed by atoms with Gasteiger partial charge in [-0.3, -0.25) is 20.2 Å². The van der Waals surface area contributed by atoms with E-state index in [9.17, 15) is 20.2 Å². The number of hydrogen-bond acceptors (Lipinski definition) is 15. The van der Waals surface area contributed by atoms with Crippen LogP contribution in [0, 0.1) is 20.2 Å². The maximum Gasteiger partial charge on any atom is 0.299 e. The van der Waals surface area contributed by atoms with Crippen LogP contribution in [-0.2, 0) is 47.4 Å². The summed E-state index contributed by atoms with van der Waals surface area (Å²) >= 11 is 5.50. The monoisotopic (exact) mass is 685 g/mol. The molecule has 0 aromatic heterocycles. The molecule has 1 rings (SSSR count). The van der Waals surface area contributed by atoms with Crippen LogP contribution in [-0.4, -0.2) is 154 Å². The van der Waals surface area contributed by atoms with Gasteiger partial charge in [0.05, 0.1) is 148 Å². The van der Waals surface area contributed by atoms with Gasteiger partial charge >= 0.3 is 0 Å². The fourth-order valence-corrected chi connectivity index (χ4v) is 3.44. The van der Waals surface area contributed by atoms with Crippen molar-refractivity contribution in [2.45, 2.75) is 0 Å². The first-order chi connectivity index (χ1) is 22.6. The van der Waals surface area contributed by atoms with Crippen LogP contribution in [0.3, 0.4) is 0 Å². The first kappa shape index (κ1) is 41.7. The molecule has 0 bridgehead atoms. The minimum atomic E-state index is -0.682. The van der Waals surface area contributed by atoms with Crippen LogP contribution in [0.25, 0.3) is 0 Å². The second kappa shape index (κ2) is 31.3. The third-order valence-electron chi connectivity index (χ3n) is 5.52. The number of alkyl halides is 1. The lowest BCUT2D eigenvalue weighted by Crippen LogP contribution is -2.16. The summed E-state index contributed by atoms with van der Waals surface area (Å²) < 4.78 is 54.0. The van der Waals surface area contributed by atoms with Crippen molar-refractivity contribution >= 4 is 28.7 Å². The van der Waals surface area contributed by atoms with Crippen molar-refractivity contribution in [3.05, 3.63) is 38.4 Å². The molecule has 0 aliphatic rings. The lowest BCUT2D eigenvalue weighted by Gasteiger charge is -2.09. The van der Waals surface area contributed by atoms with Crippen molar-refractivity contribution in [3.8, 4) is 0 Å². The van der Waals surface area contributed by atoms with Gasteiger partial charge in [-0.25, -0.2) is 0 Å². The Balaban J connectivity index is 1.74. The molecule has 1 aromatic carbocycles. The van der Waals surface area contributed by atoms with Crippen molar-refractivity contribution in [1.82, 2.24) is 0 Å². The molecule has 0 fully saturated rings. The van der Waals surface area contributed by atoms with Gasteiger partial charge in [0.2, 0.25) is 0 Å². The summed E-state index contributed by atoms with van der Waals surface area (Å²) in [6.07, 6.45) is 0. The van der Waals surface area contributed by atoms with Gasteiger partial charge in [-0.05, 0) is 6.07 Å². The molecule has 1 N–H and O–H groups in total. The molecule has 0 unspecified atom stereocenters. The number of nitrogens with zero attached hydrogens (tertiary/aromatic N) is 2. The van der Waals surface area contributed by atoms with Crippen LogP contribution in [0.1, 0.15) is 0 Å². The minimum absolute atomic E-state index is 0.186. The van der Waals surface area contributed by atoms with Gasteiger partial charge < -0.3 is 52.7 Å². The van der Waals surface area contributed by atoms with Crippen LogP contribution in [0.4, 0.5) is 17.1 Å². The summed E-state index contributed by atoms with van der Waals surface area (Å²) in [6, 6.07) is 3.43. The Morgan fingerprint density at radius 3 is 1.13 bits per heavy atom. The van der Waals surface area contributed by atoms with Gasteiger partial charge in [0, 0.05) is 18.5 Å². The number of ether oxygens (including phenoxy) is 10. The zero-order valence-corrected chi connectivity index (χ0v) is 27.0. The van der Waals surface area contributed by atoms with E-state index in [4.69, 9.17) is 59.0 Å². The quantitative estimate of drug-likeness (QED) is 0.0474. The highest BCUT2D eigenvalue weighted by atomic mass is 35.5. The van der Waals surface area contributed by atoms with Gasteiger partial charge in [0.25, 0.3) is 11.4 Å². The summed E-state index contributed by atoms with van der Waals surface area (Å²) in [5.74, 6) is 0.484. The van der Waals surface area contributed by atoms with Crippen LogP contribution in [0.5, 0.6) is 0 Å². The molecule has 0 saturated heterocycles. The van der Waals surface area contributed by atoms with Gasteiger partial charge in [-0.2, -0.15) is 0 Å². The van der Waals surface area contributed by atoms with Crippen molar-refractivity contribution in [2.75, 3.05) is 150 Å². The molecular formula is C28H48ClN3O14. The van der Waals surface area contributed by atoms with Crippen LogP contribution in [0.15, 0.2) is 18.2 Å². The fourth-order valence-electron chi connectivity index (χ4n) is 3.33. The second-order valence-corrected chi connectivity index (χ2v) is 9.33. The average molecular weight is 686 g/mol. The van der Waals surface area contributed by atoms with E-state index in [1.807, 2.05) is 0 Å². The zero-order chi connectivity index (χ0) is 33.3. The number of anilines is 1. The Labute approximate surface area is 274 Å². The first-order valence-electron chi connectivity index (χ1n) is 15.1. The predicted octanol–water partition coefficient (Wildman–Crippen LogP) is 2.32. The molecule has 0 amide bonds. The predicted molar refractivity (Wildman–Crippen MR) is 167 cm³/mol. The van der Waals surface area contributed by atoms with E-state index in [-0.39, 0.29) is 23.7 Å². The van der Waals surface area contributed by atoms with Gasteiger partial charge in [0.1, 0.15) is 5.69 Å². The molecule has 0 saturated carbocycles. The molecule has 1 aromatic rings. The Morgan fingerprint density at radius 2 is 0.826 bits per heavy atom. The molecule has 0 spiro atoms. The Bertz CT molecular complexity index is 890. The number of halogens is 1. The highest BCUT2D eigenvalue weighted by molar-refractivity contribution is 6.17. The van der Waals surface area contributed by atoms with Crippen LogP contribution < -0.4 is 5.32 Å². The van der Waals surface area contributed by atoms with E-state index in [0.29, 0.717) is 138 Å². The Morgan fingerprint density at radius 1 is 0.500 bits per heavy atom. The van der Waals surface area contributed by atoms with Crippen molar-refractivity contribution < 1.29 is 57.2 Å². The SMILES string of the molecule is O=[N+]([O-])c1ccc(NCCOCCOCCOCCOCCOCCOCCOCCOCCOCCOCCCl)c([N+](=O)[O-])c1. The zero-order valence-electron chi connectivity index (χ0n) is 26.3. The molecule has 17 nitrogen and oxygen atoms in total. The Hall–Kier alpha value is -2.29. The smallest absolute Gasteiger partial charge is 0.299 e. The summed E-state index contributed by atoms with van der Waals surface area (Å²) in [5.41, 5.74) is -0.526. The van der Waals surface area contributed by atoms with E-state index >= 15 is 0 Å². The molecular weight excluding hydrogens is 638 g/mol. The van der Waals surface area contributed by atoms with E-state index < -0.39 is 9.85 Å². The summed E-state index contributed by atoms with van der Waals surface area (Å²) in [5, 5.41) is 24.8. The largest absolute Gasteiger partial charge is 0.378 e. The minimum Gasteiger partial charge on any atom is -0.378 e. The van der Waals surface area contributed by atoms with E-state index in [1.165, 1.54) is 12.1 Å². The lowest BCUT2D eigenvalue weighted by atomic mass is 10.2. The average Bonchev–Trinajstić information content (AvgIpc) is 3.05. The number of nitro groups is 2. The van der Waals surface area contributed by atoms with Crippen molar-refractivity contribution in [2.24, 2.45) is 0 Å². The molecule has 18 heteroatoms. The highest BCUT2D eigenvalue weighted by Gasteiger charge is 2.19. The standard InChI is InChI=1S/C28H48ClN3O14/c29-3-5-37-7-9-39-11-13-41-15-17-43-19-21-45-23-24-46-22-20-44-18-16-42-14-12-40-10-8-38-6-4-30-27-2-1-26(31(33)34)25-28(27)32(35)36/h1-2,25,30H,3-24H2. The topological polar surface area (TPSA) is 191 Å². The van der Waals surface area contributed by atoms with E-state index in [1.54, 1.807) is 0 Å². The molecule has 0 aliphatic heterocycles. The molecule has 0 radical (unpaired) electrons. The fraction of sp³-hybridized carbons (Fsp3) is 0.786. The number of non-ortho nitro benzene ring substituents is 1. The summed E-state index contributed by atoms with van der Waals surface area (Å²) in [6.45, 7) is 9.42. The number of benzene rings is 1. The normalized spacial score (nSPS) is 11.2. The van der Waals surface area contributed by atoms with Crippen LogP contribution >= 0.6 is 11.6 Å². The second-order valence-electron chi connectivity index (χ2n) is 8.96.